The first-order valence-electron chi connectivity index (χ1n) is 8.26. The molecule has 0 atom stereocenters. The highest BCUT2D eigenvalue weighted by molar-refractivity contribution is 5.92. The Labute approximate surface area is 155 Å². The number of rotatable bonds is 6. The first-order valence-corrected chi connectivity index (χ1v) is 8.26. The van der Waals surface area contributed by atoms with Crippen LogP contribution in [0.1, 0.15) is 21.6 Å². The Morgan fingerprint density at radius 1 is 1.07 bits per heavy atom. The number of hydrogen-bond donors (Lipinski definition) is 2. The van der Waals surface area contributed by atoms with Crippen LogP contribution in [0.3, 0.4) is 0 Å². The number of aromatic nitrogens is 2. The van der Waals surface area contributed by atoms with Gasteiger partial charge in [0.1, 0.15) is 23.4 Å². The number of benzene rings is 2. The summed E-state index contributed by atoms with van der Waals surface area (Å²) in [5.74, 6) is -0.196. The number of nitrogens with zero attached hydrogens (tertiary/aromatic N) is 3. The molecule has 0 fully saturated rings. The Hall–Kier alpha value is -3.79. The second kappa shape index (κ2) is 8.54. The Balaban J connectivity index is 1.55. The van der Waals surface area contributed by atoms with Gasteiger partial charge in [0, 0.05) is 6.54 Å². The molecule has 6 nitrogen and oxygen atoms in total. The smallest absolute Gasteiger partial charge is 0.271 e. The molecule has 27 heavy (non-hydrogen) atoms. The van der Waals surface area contributed by atoms with E-state index in [0.717, 1.165) is 5.56 Å². The summed E-state index contributed by atoms with van der Waals surface area (Å²) in [5.41, 5.74) is 2.22. The molecule has 7 heteroatoms. The minimum absolute atomic E-state index is 0.188. The van der Waals surface area contributed by atoms with Crippen LogP contribution < -0.4 is 10.6 Å². The zero-order valence-electron chi connectivity index (χ0n) is 14.3. The summed E-state index contributed by atoms with van der Waals surface area (Å²) in [6.45, 7) is 0.404. The Morgan fingerprint density at radius 3 is 2.56 bits per heavy atom. The predicted molar refractivity (Wildman–Crippen MR) is 98.9 cm³/mol. The van der Waals surface area contributed by atoms with Crippen molar-refractivity contribution in [2.45, 2.75) is 6.42 Å². The molecule has 1 heterocycles. The van der Waals surface area contributed by atoms with E-state index in [2.05, 4.69) is 26.7 Å². The lowest BCUT2D eigenvalue weighted by Gasteiger charge is -2.08. The number of hydrogen-bond acceptors (Lipinski definition) is 5. The van der Waals surface area contributed by atoms with Crippen LogP contribution >= 0.6 is 0 Å². The van der Waals surface area contributed by atoms with Crippen molar-refractivity contribution >= 4 is 17.4 Å². The average molecular weight is 361 g/mol. The molecule has 0 radical (unpaired) electrons. The lowest BCUT2D eigenvalue weighted by atomic mass is 10.1. The number of amides is 1. The van der Waals surface area contributed by atoms with E-state index in [1.54, 1.807) is 36.4 Å². The molecule has 3 aromatic rings. The maximum absolute atomic E-state index is 12.9. The monoisotopic (exact) mass is 361 g/mol. The predicted octanol–water partition coefficient (Wildman–Crippen LogP) is 3.20. The molecule has 2 N–H and O–H groups in total. The zero-order valence-corrected chi connectivity index (χ0v) is 14.3. The van der Waals surface area contributed by atoms with Crippen LogP contribution in [0, 0.1) is 17.1 Å². The number of halogens is 1. The fourth-order valence-corrected chi connectivity index (χ4v) is 2.40. The number of anilines is 2. The molecule has 1 amide bonds. The topological polar surface area (TPSA) is 90.7 Å². The van der Waals surface area contributed by atoms with Gasteiger partial charge in [0.2, 0.25) is 0 Å². The molecule has 2 aromatic carbocycles. The van der Waals surface area contributed by atoms with E-state index in [-0.39, 0.29) is 17.4 Å². The fourth-order valence-electron chi connectivity index (χ4n) is 2.40. The third-order valence-corrected chi connectivity index (χ3v) is 3.81. The minimum Gasteiger partial charge on any atom is -0.350 e. The SMILES string of the molecule is N#Cc1ccccc1Nc1cnc(C(=O)NCCc2ccc(F)cc2)cn1. The highest BCUT2D eigenvalue weighted by Crippen LogP contribution is 2.18. The number of carbonyl (C=O) groups is 1. The third-order valence-electron chi connectivity index (χ3n) is 3.81. The van der Waals surface area contributed by atoms with Crippen molar-refractivity contribution in [3.05, 3.63) is 83.6 Å². The van der Waals surface area contributed by atoms with E-state index >= 15 is 0 Å². The summed E-state index contributed by atoms with van der Waals surface area (Å²) in [5, 5.41) is 14.8. The molecule has 0 aliphatic heterocycles. The number of para-hydroxylation sites is 1. The van der Waals surface area contributed by atoms with Crippen LogP contribution in [-0.4, -0.2) is 22.4 Å². The summed E-state index contributed by atoms with van der Waals surface area (Å²) >= 11 is 0. The third kappa shape index (κ3) is 4.86. The van der Waals surface area contributed by atoms with Gasteiger partial charge in [-0.05, 0) is 36.2 Å². The first-order chi connectivity index (χ1) is 13.2. The number of nitrogens with one attached hydrogen (secondary N) is 2. The average Bonchev–Trinajstić information content (AvgIpc) is 2.70. The second-order valence-electron chi connectivity index (χ2n) is 5.70. The van der Waals surface area contributed by atoms with E-state index in [1.165, 1.54) is 24.5 Å². The lowest BCUT2D eigenvalue weighted by Crippen LogP contribution is -2.26. The van der Waals surface area contributed by atoms with Gasteiger partial charge in [-0.1, -0.05) is 24.3 Å². The second-order valence-corrected chi connectivity index (χ2v) is 5.70. The molecule has 3 rings (SSSR count). The Morgan fingerprint density at radius 2 is 1.85 bits per heavy atom. The summed E-state index contributed by atoms with van der Waals surface area (Å²) in [6.07, 6.45) is 3.39. The minimum atomic E-state index is -0.339. The van der Waals surface area contributed by atoms with Gasteiger partial charge in [-0.2, -0.15) is 5.26 Å². The van der Waals surface area contributed by atoms with Crippen LogP contribution in [0.5, 0.6) is 0 Å². The summed E-state index contributed by atoms with van der Waals surface area (Å²) in [4.78, 5) is 20.4. The summed E-state index contributed by atoms with van der Waals surface area (Å²) in [6, 6.07) is 15.3. The quantitative estimate of drug-likeness (QED) is 0.704. The molecule has 0 aliphatic carbocycles. The Bertz CT molecular complexity index is 965. The van der Waals surface area contributed by atoms with E-state index < -0.39 is 0 Å². The van der Waals surface area contributed by atoms with Crippen molar-refractivity contribution < 1.29 is 9.18 Å². The van der Waals surface area contributed by atoms with Crippen LogP contribution in [0.15, 0.2) is 60.9 Å². The van der Waals surface area contributed by atoms with E-state index in [1.807, 2.05) is 0 Å². The van der Waals surface area contributed by atoms with Crippen LogP contribution in [0.25, 0.3) is 0 Å². The lowest BCUT2D eigenvalue weighted by molar-refractivity contribution is 0.0949. The van der Waals surface area contributed by atoms with Crippen molar-refractivity contribution in [3.63, 3.8) is 0 Å². The van der Waals surface area contributed by atoms with Gasteiger partial charge in [0.05, 0.1) is 23.6 Å². The Kier molecular flexibility index (Phi) is 5.70. The first kappa shape index (κ1) is 18.0. The molecule has 134 valence electrons. The molecule has 0 saturated carbocycles. The van der Waals surface area contributed by atoms with Crippen LogP contribution in [-0.2, 0) is 6.42 Å². The van der Waals surface area contributed by atoms with Gasteiger partial charge in [0.25, 0.3) is 5.91 Å². The van der Waals surface area contributed by atoms with Crippen molar-refractivity contribution in [2.75, 3.05) is 11.9 Å². The van der Waals surface area contributed by atoms with Crippen LogP contribution in [0.4, 0.5) is 15.9 Å². The van der Waals surface area contributed by atoms with Gasteiger partial charge in [-0.15, -0.1) is 0 Å². The number of nitriles is 1. The highest BCUT2D eigenvalue weighted by Gasteiger charge is 2.08. The van der Waals surface area contributed by atoms with Gasteiger partial charge in [-0.3, -0.25) is 4.79 Å². The van der Waals surface area contributed by atoms with E-state index in [0.29, 0.717) is 30.0 Å². The molecular weight excluding hydrogens is 345 g/mol. The van der Waals surface area contributed by atoms with Crippen LogP contribution in [0.2, 0.25) is 0 Å². The van der Waals surface area contributed by atoms with Gasteiger partial charge in [-0.25, -0.2) is 14.4 Å². The largest absolute Gasteiger partial charge is 0.350 e. The van der Waals surface area contributed by atoms with E-state index in [4.69, 9.17) is 5.26 Å². The highest BCUT2D eigenvalue weighted by atomic mass is 19.1. The van der Waals surface area contributed by atoms with E-state index in [9.17, 15) is 9.18 Å². The van der Waals surface area contributed by atoms with Gasteiger partial charge < -0.3 is 10.6 Å². The summed E-state index contributed by atoms with van der Waals surface area (Å²) in [7, 11) is 0. The maximum atomic E-state index is 12.9. The molecule has 0 aliphatic rings. The van der Waals surface area contributed by atoms with Crippen molar-refractivity contribution in [1.29, 1.82) is 5.26 Å². The molecule has 0 bridgehead atoms. The van der Waals surface area contributed by atoms with Gasteiger partial charge >= 0.3 is 0 Å². The fraction of sp³-hybridized carbons (Fsp3) is 0.100. The molecular formula is C20H16FN5O. The normalized spacial score (nSPS) is 10.1. The number of carbonyl (C=O) groups excluding carboxylic acids is 1. The summed E-state index contributed by atoms with van der Waals surface area (Å²) < 4.78 is 12.9. The standard InChI is InChI=1S/C20H16FN5O/c21-16-7-5-14(6-8-16)9-10-23-20(27)18-12-25-19(13-24-18)26-17-4-2-1-3-15(17)11-22/h1-8,12-13H,9-10H2,(H,23,27)(H,25,26). The maximum Gasteiger partial charge on any atom is 0.271 e. The van der Waals surface area contributed by atoms with Crippen molar-refractivity contribution in [2.24, 2.45) is 0 Å². The zero-order chi connectivity index (χ0) is 19.1. The molecule has 0 unspecified atom stereocenters. The van der Waals surface area contributed by atoms with Gasteiger partial charge in [0.15, 0.2) is 0 Å². The van der Waals surface area contributed by atoms with Crippen molar-refractivity contribution in [1.82, 2.24) is 15.3 Å². The molecule has 0 saturated heterocycles. The molecule has 1 aromatic heterocycles. The molecule has 0 spiro atoms. The van der Waals surface area contributed by atoms with Crippen molar-refractivity contribution in [3.8, 4) is 6.07 Å².